The van der Waals surface area contributed by atoms with Crippen molar-refractivity contribution in [3.05, 3.63) is 21.4 Å². The highest BCUT2D eigenvalue weighted by molar-refractivity contribution is 7.12. The molecule has 1 aromatic heterocycles. The van der Waals surface area contributed by atoms with E-state index in [1.165, 1.54) is 34.6 Å². The summed E-state index contributed by atoms with van der Waals surface area (Å²) in [6.07, 6.45) is 4.17. The fraction of sp³-hybridized carbons (Fsp3) is 0.692. The summed E-state index contributed by atoms with van der Waals surface area (Å²) in [6.45, 7) is 7.85. The quantitative estimate of drug-likeness (QED) is 0.825. The normalized spacial score (nSPS) is 26.1. The molecule has 0 aromatic carbocycles. The fourth-order valence-corrected chi connectivity index (χ4v) is 3.50. The summed E-state index contributed by atoms with van der Waals surface area (Å²) in [5.41, 5.74) is 1.50. The molecule has 2 heteroatoms. The van der Waals surface area contributed by atoms with Gasteiger partial charge in [0.05, 0.1) is 0 Å². The van der Waals surface area contributed by atoms with Gasteiger partial charge in [0.2, 0.25) is 0 Å². The molecule has 15 heavy (non-hydrogen) atoms. The Labute approximate surface area is 96.9 Å². The van der Waals surface area contributed by atoms with Crippen LogP contribution in [0.4, 0.5) is 0 Å². The zero-order chi connectivity index (χ0) is 10.8. The largest absolute Gasteiger partial charge is 0.310 e. The number of thiophene rings is 1. The van der Waals surface area contributed by atoms with Crippen molar-refractivity contribution in [2.75, 3.05) is 0 Å². The Balaban J connectivity index is 1.90. The predicted molar refractivity (Wildman–Crippen MR) is 67.4 cm³/mol. The molecule has 0 radical (unpaired) electrons. The van der Waals surface area contributed by atoms with E-state index in [0.717, 1.165) is 18.5 Å². The number of nitrogens with one attached hydrogen (secondary N) is 1. The van der Waals surface area contributed by atoms with Crippen LogP contribution in [0.5, 0.6) is 0 Å². The molecule has 0 aliphatic heterocycles. The molecule has 2 rings (SSSR count). The minimum Gasteiger partial charge on any atom is -0.310 e. The van der Waals surface area contributed by atoms with Gasteiger partial charge in [-0.3, -0.25) is 0 Å². The van der Waals surface area contributed by atoms with Crippen LogP contribution in [0.3, 0.4) is 0 Å². The van der Waals surface area contributed by atoms with Crippen LogP contribution in [0.1, 0.15) is 41.5 Å². The van der Waals surface area contributed by atoms with Crippen LogP contribution < -0.4 is 5.32 Å². The van der Waals surface area contributed by atoms with Crippen molar-refractivity contribution in [3.8, 4) is 0 Å². The highest BCUT2D eigenvalue weighted by Gasteiger charge is 2.22. The SMILES string of the molecule is Cc1cc(CNC2CCCC2C)c(C)s1. The lowest BCUT2D eigenvalue weighted by atomic mass is 10.1. The van der Waals surface area contributed by atoms with Crippen molar-refractivity contribution in [1.29, 1.82) is 0 Å². The van der Waals surface area contributed by atoms with E-state index in [9.17, 15) is 0 Å². The third-order valence-electron chi connectivity index (χ3n) is 3.56. The van der Waals surface area contributed by atoms with E-state index in [0.29, 0.717) is 0 Å². The standard InChI is InChI=1S/C13H21NS/c1-9-5-4-6-13(9)14-8-12-7-10(2)15-11(12)3/h7,9,13-14H,4-6,8H2,1-3H3. The molecular formula is C13H21NS. The second-order valence-corrected chi connectivity index (χ2v) is 6.29. The van der Waals surface area contributed by atoms with Crippen LogP contribution >= 0.6 is 11.3 Å². The van der Waals surface area contributed by atoms with Gasteiger partial charge in [-0.15, -0.1) is 11.3 Å². The molecule has 0 spiro atoms. The minimum absolute atomic E-state index is 0.754. The van der Waals surface area contributed by atoms with E-state index in [2.05, 4.69) is 32.2 Å². The summed E-state index contributed by atoms with van der Waals surface area (Å²) in [6, 6.07) is 3.08. The highest BCUT2D eigenvalue weighted by atomic mass is 32.1. The van der Waals surface area contributed by atoms with Gasteiger partial charge in [0, 0.05) is 22.3 Å². The van der Waals surface area contributed by atoms with Crippen molar-refractivity contribution >= 4 is 11.3 Å². The molecule has 1 nitrogen and oxygen atoms in total. The maximum Gasteiger partial charge on any atom is 0.0219 e. The molecule has 1 heterocycles. The Hall–Kier alpha value is -0.340. The van der Waals surface area contributed by atoms with Crippen LogP contribution in [-0.2, 0) is 6.54 Å². The predicted octanol–water partition coefficient (Wildman–Crippen LogP) is 3.64. The Bertz CT molecular complexity index is 329. The molecule has 1 aliphatic rings. The van der Waals surface area contributed by atoms with E-state index in [4.69, 9.17) is 0 Å². The molecule has 1 N–H and O–H groups in total. The lowest BCUT2D eigenvalue weighted by molar-refractivity contribution is 0.426. The molecule has 1 saturated carbocycles. The van der Waals surface area contributed by atoms with E-state index in [1.807, 2.05) is 11.3 Å². The number of hydrogen-bond donors (Lipinski definition) is 1. The molecule has 2 atom stereocenters. The summed E-state index contributed by atoms with van der Waals surface area (Å²) in [5, 5.41) is 3.71. The Morgan fingerprint density at radius 1 is 1.40 bits per heavy atom. The third kappa shape index (κ3) is 2.61. The second kappa shape index (κ2) is 4.67. The van der Waals surface area contributed by atoms with Crippen molar-refractivity contribution in [2.45, 2.75) is 52.6 Å². The first kappa shape index (κ1) is 11.2. The van der Waals surface area contributed by atoms with Crippen LogP contribution in [0.2, 0.25) is 0 Å². The zero-order valence-electron chi connectivity index (χ0n) is 9.97. The molecule has 0 saturated heterocycles. The van der Waals surface area contributed by atoms with Gasteiger partial charge in [-0.1, -0.05) is 13.3 Å². The first-order valence-corrected chi connectivity index (χ1v) is 6.78. The highest BCUT2D eigenvalue weighted by Crippen LogP contribution is 2.26. The van der Waals surface area contributed by atoms with E-state index in [-0.39, 0.29) is 0 Å². The van der Waals surface area contributed by atoms with E-state index < -0.39 is 0 Å². The number of hydrogen-bond acceptors (Lipinski definition) is 2. The lowest BCUT2D eigenvalue weighted by Crippen LogP contribution is -2.30. The van der Waals surface area contributed by atoms with Crippen LogP contribution in [0.25, 0.3) is 0 Å². The number of rotatable bonds is 3. The molecule has 1 aliphatic carbocycles. The smallest absolute Gasteiger partial charge is 0.0219 e. The fourth-order valence-electron chi connectivity index (χ4n) is 2.55. The lowest BCUT2D eigenvalue weighted by Gasteiger charge is -2.17. The van der Waals surface area contributed by atoms with Crippen LogP contribution in [-0.4, -0.2) is 6.04 Å². The van der Waals surface area contributed by atoms with Gasteiger partial charge >= 0.3 is 0 Å². The molecule has 2 unspecified atom stereocenters. The van der Waals surface area contributed by atoms with Crippen molar-refractivity contribution in [1.82, 2.24) is 5.32 Å². The summed E-state index contributed by atoms with van der Waals surface area (Å²) in [7, 11) is 0. The average molecular weight is 223 g/mol. The van der Waals surface area contributed by atoms with Crippen molar-refractivity contribution in [3.63, 3.8) is 0 Å². The average Bonchev–Trinajstić information content (AvgIpc) is 2.70. The van der Waals surface area contributed by atoms with Gasteiger partial charge in [-0.05, 0) is 44.2 Å². The Morgan fingerprint density at radius 3 is 2.73 bits per heavy atom. The summed E-state index contributed by atoms with van der Waals surface area (Å²) < 4.78 is 0. The van der Waals surface area contributed by atoms with Gasteiger partial charge in [0.1, 0.15) is 0 Å². The summed E-state index contributed by atoms with van der Waals surface area (Å²) in [4.78, 5) is 2.91. The van der Waals surface area contributed by atoms with Crippen molar-refractivity contribution < 1.29 is 0 Å². The monoisotopic (exact) mass is 223 g/mol. The molecular weight excluding hydrogens is 202 g/mol. The maximum absolute atomic E-state index is 3.71. The summed E-state index contributed by atoms with van der Waals surface area (Å²) >= 11 is 1.91. The topological polar surface area (TPSA) is 12.0 Å². The van der Waals surface area contributed by atoms with Crippen LogP contribution in [0.15, 0.2) is 6.07 Å². The van der Waals surface area contributed by atoms with Gasteiger partial charge in [0.25, 0.3) is 0 Å². The third-order valence-corrected chi connectivity index (χ3v) is 4.57. The summed E-state index contributed by atoms with van der Waals surface area (Å²) in [5.74, 6) is 0.866. The van der Waals surface area contributed by atoms with E-state index in [1.54, 1.807) is 0 Å². The molecule has 0 bridgehead atoms. The Kier molecular flexibility index (Phi) is 3.47. The minimum atomic E-state index is 0.754. The van der Waals surface area contributed by atoms with Gasteiger partial charge in [-0.2, -0.15) is 0 Å². The Morgan fingerprint density at radius 2 is 2.20 bits per heavy atom. The van der Waals surface area contributed by atoms with E-state index >= 15 is 0 Å². The molecule has 0 amide bonds. The maximum atomic E-state index is 3.71. The van der Waals surface area contributed by atoms with Crippen LogP contribution in [0, 0.1) is 19.8 Å². The number of aryl methyl sites for hydroxylation is 2. The molecule has 1 fully saturated rings. The molecule has 1 aromatic rings. The first-order valence-electron chi connectivity index (χ1n) is 5.96. The van der Waals surface area contributed by atoms with Gasteiger partial charge in [-0.25, -0.2) is 0 Å². The van der Waals surface area contributed by atoms with Gasteiger partial charge in [0.15, 0.2) is 0 Å². The zero-order valence-corrected chi connectivity index (χ0v) is 10.8. The second-order valence-electron chi connectivity index (χ2n) is 4.83. The first-order chi connectivity index (χ1) is 7.16. The molecule has 84 valence electrons. The van der Waals surface area contributed by atoms with Crippen molar-refractivity contribution in [2.24, 2.45) is 5.92 Å². The van der Waals surface area contributed by atoms with Gasteiger partial charge < -0.3 is 5.32 Å².